The summed E-state index contributed by atoms with van der Waals surface area (Å²) in [6.45, 7) is 1.42. The van der Waals surface area contributed by atoms with Crippen molar-refractivity contribution < 1.29 is 27.4 Å². The zero-order valence-electron chi connectivity index (χ0n) is 13.6. The Morgan fingerprint density at radius 2 is 2.16 bits per heavy atom. The van der Waals surface area contributed by atoms with Crippen molar-refractivity contribution in [2.24, 2.45) is 0 Å². The average molecular weight is 356 g/mol. The number of hydrogen-bond donors (Lipinski definition) is 0. The topological polar surface area (TPSA) is 51.7 Å². The van der Waals surface area contributed by atoms with E-state index in [1.807, 2.05) is 0 Å². The number of carbonyl (C=O) groups is 1. The fourth-order valence-corrected chi connectivity index (χ4v) is 4.02. The monoisotopic (exact) mass is 356 g/mol. The van der Waals surface area contributed by atoms with Crippen LogP contribution in [0.2, 0.25) is 0 Å². The lowest BCUT2D eigenvalue weighted by Gasteiger charge is -2.35. The highest BCUT2D eigenvalue weighted by Gasteiger charge is 2.54. The number of aromatic nitrogens is 1. The minimum atomic E-state index is -4.44. The molecular weight excluding hydrogens is 337 g/mol. The predicted octanol–water partition coefficient (Wildman–Crippen LogP) is 2.72. The Kier molecular flexibility index (Phi) is 3.99. The third-order valence-electron chi connectivity index (χ3n) is 5.24. The summed E-state index contributed by atoms with van der Waals surface area (Å²) in [5, 5.41) is 0. The van der Waals surface area contributed by atoms with Crippen molar-refractivity contribution in [3.8, 4) is 0 Å². The molecule has 0 aromatic carbocycles. The molecule has 0 aliphatic carbocycles. The average Bonchev–Trinajstić information content (AvgIpc) is 3.31. The van der Waals surface area contributed by atoms with Gasteiger partial charge in [0.15, 0.2) is 5.60 Å². The second-order valence-electron chi connectivity index (χ2n) is 6.75. The minimum Gasteiger partial charge on any atom is -0.375 e. The van der Waals surface area contributed by atoms with Crippen molar-refractivity contribution in [3.05, 3.63) is 23.4 Å². The van der Waals surface area contributed by atoms with Crippen LogP contribution in [0.4, 0.5) is 19.0 Å². The van der Waals surface area contributed by atoms with Gasteiger partial charge in [0.25, 0.3) is 5.91 Å². The summed E-state index contributed by atoms with van der Waals surface area (Å²) in [4.78, 5) is 18.7. The second-order valence-corrected chi connectivity index (χ2v) is 6.75. The van der Waals surface area contributed by atoms with Crippen LogP contribution in [0.25, 0.3) is 0 Å². The molecule has 2 atom stereocenters. The van der Waals surface area contributed by atoms with Gasteiger partial charge in [-0.1, -0.05) is 0 Å². The summed E-state index contributed by atoms with van der Waals surface area (Å²) in [5.41, 5.74) is -1.36. The number of pyridine rings is 1. The fraction of sp³-hybridized carbons (Fsp3) is 0.647. The van der Waals surface area contributed by atoms with Crippen LogP contribution < -0.4 is 4.90 Å². The van der Waals surface area contributed by atoms with Crippen LogP contribution in [0, 0.1) is 0 Å². The van der Waals surface area contributed by atoms with Crippen LogP contribution in [-0.4, -0.2) is 42.4 Å². The van der Waals surface area contributed by atoms with E-state index in [0.717, 1.165) is 31.5 Å². The second kappa shape index (κ2) is 5.95. The van der Waals surface area contributed by atoms with Gasteiger partial charge < -0.3 is 9.47 Å². The van der Waals surface area contributed by atoms with Gasteiger partial charge >= 0.3 is 6.18 Å². The number of nitrogens with zero attached hydrogens (tertiary/aromatic N) is 2. The first kappa shape index (κ1) is 16.8. The number of ether oxygens (including phenoxy) is 2. The number of fused-ring (bicyclic) bond motifs is 1. The van der Waals surface area contributed by atoms with Gasteiger partial charge in [-0.05, 0) is 43.7 Å². The van der Waals surface area contributed by atoms with Gasteiger partial charge in [-0.25, -0.2) is 4.98 Å². The lowest BCUT2D eigenvalue weighted by Crippen LogP contribution is -2.55. The van der Waals surface area contributed by atoms with Crippen molar-refractivity contribution in [2.45, 2.75) is 50.0 Å². The Balaban J connectivity index is 1.64. The smallest absolute Gasteiger partial charge is 0.375 e. The number of amides is 1. The van der Waals surface area contributed by atoms with Gasteiger partial charge in [0, 0.05) is 26.0 Å². The molecular formula is C17H19F3N2O3. The lowest BCUT2D eigenvalue weighted by molar-refractivity contribution is -0.154. The molecule has 0 bridgehead atoms. The number of alkyl halides is 3. The van der Waals surface area contributed by atoms with E-state index in [0.29, 0.717) is 44.0 Å². The molecule has 136 valence electrons. The normalized spacial score (nSPS) is 29.2. The first-order valence-electron chi connectivity index (χ1n) is 8.55. The van der Waals surface area contributed by atoms with Gasteiger partial charge in [-0.2, -0.15) is 13.2 Å². The van der Waals surface area contributed by atoms with Crippen molar-refractivity contribution in [1.82, 2.24) is 4.98 Å². The Bertz CT molecular complexity index is 680. The summed E-state index contributed by atoms with van der Waals surface area (Å²) >= 11 is 0. The summed E-state index contributed by atoms with van der Waals surface area (Å²) in [7, 11) is 0. The zero-order chi connectivity index (χ0) is 17.7. The largest absolute Gasteiger partial charge is 0.417 e. The summed E-state index contributed by atoms with van der Waals surface area (Å²) in [5.74, 6) is 0.0776. The molecule has 2 saturated heterocycles. The Labute approximate surface area is 143 Å². The van der Waals surface area contributed by atoms with Crippen LogP contribution in [0.1, 0.15) is 36.8 Å². The number of anilines is 1. The van der Waals surface area contributed by atoms with Gasteiger partial charge in [0.2, 0.25) is 0 Å². The van der Waals surface area contributed by atoms with Crippen LogP contribution in [0.15, 0.2) is 12.3 Å². The summed E-state index contributed by atoms with van der Waals surface area (Å²) in [6, 6.07) is 1.09. The van der Waals surface area contributed by atoms with Gasteiger partial charge in [-0.15, -0.1) is 0 Å². The minimum absolute atomic E-state index is 0.233. The highest BCUT2D eigenvalue weighted by atomic mass is 19.4. The maximum absolute atomic E-state index is 13.3. The molecule has 1 aromatic rings. The van der Waals surface area contributed by atoms with E-state index in [4.69, 9.17) is 9.47 Å². The maximum atomic E-state index is 13.3. The van der Waals surface area contributed by atoms with Crippen molar-refractivity contribution in [1.29, 1.82) is 0 Å². The Morgan fingerprint density at radius 3 is 2.80 bits per heavy atom. The first-order chi connectivity index (χ1) is 11.9. The van der Waals surface area contributed by atoms with E-state index < -0.39 is 17.3 Å². The highest BCUT2D eigenvalue weighted by Crippen LogP contribution is 2.40. The van der Waals surface area contributed by atoms with E-state index in [9.17, 15) is 18.0 Å². The van der Waals surface area contributed by atoms with Gasteiger partial charge in [-0.3, -0.25) is 9.69 Å². The summed E-state index contributed by atoms with van der Waals surface area (Å²) < 4.78 is 50.2. The molecule has 0 N–H and O–H groups in total. The molecule has 25 heavy (non-hydrogen) atoms. The maximum Gasteiger partial charge on any atom is 0.417 e. The van der Waals surface area contributed by atoms with E-state index >= 15 is 0 Å². The SMILES string of the molecule is O=C(N1CCc2cc(C(F)(F)F)cnc21)C1(C2CCCO2)CCCO1. The van der Waals surface area contributed by atoms with Gasteiger partial charge in [0.1, 0.15) is 5.82 Å². The molecule has 2 fully saturated rings. The van der Waals surface area contributed by atoms with Crippen LogP contribution in [0.3, 0.4) is 0 Å². The molecule has 5 nitrogen and oxygen atoms in total. The first-order valence-corrected chi connectivity index (χ1v) is 8.55. The molecule has 4 rings (SSSR count). The van der Waals surface area contributed by atoms with E-state index in [2.05, 4.69) is 4.98 Å². The van der Waals surface area contributed by atoms with Crippen molar-refractivity contribution >= 4 is 11.7 Å². The lowest BCUT2D eigenvalue weighted by atomic mass is 9.89. The summed E-state index contributed by atoms with van der Waals surface area (Å²) in [6.07, 6.45) is -0.596. The molecule has 4 heterocycles. The number of halogens is 3. The number of hydrogen-bond acceptors (Lipinski definition) is 4. The molecule has 0 radical (unpaired) electrons. The van der Waals surface area contributed by atoms with Crippen molar-refractivity contribution in [3.63, 3.8) is 0 Å². The highest BCUT2D eigenvalue weighted by molar-refractivity contribution is 6.01. The molecule has 8 heteroatoms. The van der Waals surface area contributed by atoms with Crippen LogP contribution in [-0.2, 0) is 26.9 Å². The fourth-order valence-electron chi connectivity index (χ4n) is 4.02. The molecule has 0 saturated carbocycles. The molecule has 1 amide bonds. The molecule has 3 aliphatic rings. The van der Waals surface area contributed by atoms with E-state index in [-0.39, 0.29) is 12.0 Å². The third-order valence-corrected chi connectivity index (χ3v) is 5.24. The molecule has 1 aromatic heterocycles. The predicted molar refractivity (Wildman–Crippen MR) is 82.2 cm³/mol. The van der Waals surface area contributed by atoms with E-state index in [1.54, 1.807) is 0 Å². The Morgan fingerprint density at radius 1 is 1.32 bits per heavy atom. The molecule has 2 unspecified atom stereocenters. The van der Waals surface area contributed by atoms with E-state index in [1.165, 1.54) is 4.90 Å². The molecule has 3 aliphatic heterocycles. The number of carbonyl (C=O) groups excluding carboxylic acids is 1. The van der Waals surface area contributed by atoms with Crippen molar-refractivity contribution in [2.75, 3.05) is 24.7 Å². The zero-order valence-corrected chi connectivity index (χ0v) is 13.6. The third kappa shape index (κ3) is 2.71. The standard InChI is InChI=1S/C17H19F3N2O3/c18-17(19,20)12-9-11-4-6-22(14(11)21-10-12)15(23)16(5-2-8-25-16)13-3-1-7-24-13/h9-10,13H,1-8H2. The quantitative estimate of drug-likeness (QED) is 0.818. The Hall–Kier alpha value is -1.67. The van der Waals surface area contributed by atoms with Crippen LogP contribution >= 0.6 is 0 Å². The van der Waals surface area contributed by atoms with Gasteiger partial charge in [0.05, 0.1) is 11.7 Å². The number of rotatable bonds is 2. The van der Waals surface area contributed by atoms with Crippen LogP contribution in [0.5, 0.6) is 0 Å². The molecule has 0 spiro atoms.